The normalized spacial score (nSPS) is 11.3. The summed E-state index contributed by atoms with van der Waals surface area (Å²) in [5, 5.41) is 4.01. The number of amides is 1. The van der Waals surface area contributed by atoms with Crippen LogP contribution >= 0.6 is 0 Å². The summed E-state index contributed by atoms with van der Waals surface area (Å²) in [5.41, 5.74) is 4.47. The molecule has 1 amide bonds. The summed E-state index contributed by atoms with van der Waals surface area (Å²) in [6.07, 6.45) is 2.34. The van der Waals surface area contributed by atoms with Crippen molar-refractivity contribution in [3.8, 4) is 11.5 Å². The lowest BCUT2D eigenvalue weighted by atomic mass is 10.2. The van der Waals surface area contributed by atoms with E-state index in [1.807, 2.05) is 20.8 Å². The van der Waals surface area contributed by atoms with Gasteiger partial charge in [-0.05, 0) is 68.3 Å². The van der Waals surface area contributed by atoms with Crippen molar-refractivity contribution in [1.82, 2.24) is 5.43 Å². The van der Waals surface area contributed by atoms with Gasteiger partial charge < -0.3 is 9.47 Å². The first kappa shape index (κ1) is 26.7. The monoisotopic (exact) mass is 509 g/mol. The van der Waals surface area contributed by atoms with Gasteiger partial charge in [-0.3, -0.25) is 9.10 Å². The van der Waals surface area contributed by atoms with Crippen molar-refractivity contribution in [2.45, 2.75) is 32.1 Å². The lowest BCUT2D eigenvalue weighted by molar-refractivity contribution is -0.119. The summed E-state index contributed by atoms with van der Waals surface area (Å²) in [4.78, 5) is 12.8. The molecule has 190 valence electrons. The molecular formula is C27H31N3O5S. The molecule has 0 radical (unpaired) electrons. The lowest BCUT2D eigenvalue weighted by Gasteiger charge is -2.23. The lowest BCUT2D eigenvalue weighted by Crippen LogP contribution is -2.39. The Morgan fingerprint density at radius 2 is 1.69 bits per heavy atom. The van der Waals surface area contributed by atoms with E-state index in [0.29, 0.717) is 36.0 Å². The topological polar surface area (TPSA) is 97.3 Å². The average Bonchev–Trinajstić information content (AvgIpc) is 2.88. The second-order valence-electron chi connectivity index (χ2n) is 7.94. The van der Waals surface area contributed by atoms with Crippen LogP contribution in [-0.4, -0.2) is 40.3 Å². The SMILES string of the molecule is CCCOc1ccc(/C=N\NC(=O)CN(c2ccc(C)cc2)S(=O)(=O)c2ccccc2)cc1OCC. The summed E-state index contributed by atoms with van der Waals surface area (Å²) in [7, 11) is -3.97. The zero-order chi connectivity index (χ0) is 26.0. The van der Waals surface area contributed by atoms with Gasteiger partial charge in [0, 0.05) is 0 Å². The van der Waals surface area contributed by atoms with Gasteiger partial charge in [0.25, 0.3) is 15.9 Å². The molecule has 0 aliphatic rings. The molecule has 0 aliphatic heterocycles. The highest BCUT2D eigenvalue weighted by molar-refractivity contribution is 7.92. The van der Waals surface area contributed by atoms with Gasteiger partial charge in [-0.2, -0.15) is 5.10 Å². The van der Waals surface area contributed by atoms with Crippen molar-refractivity contribution in [2.75, 3.05) is 24.1 Å². The van der Waals surface area contributed by atoms with E-state index in [2.05, 4.69) is 10.5 Å². The first-order valence-corrected chi connectivity index (χ1v) is 13.1. The molecule has 0 aliphatic carbocycles. The third-order valence-corrected chi connectivity index (χ3v) is 6.86. The predicted octanol–water partition coefficient (Wildman–Crippen LogP) is 4.53. The molecule has 1 N–H and O–H groups in total. The predicted molar refractivity (Wildman–Crippen MR) is 141 cm³/mol. The second-order valence-corrected chi connectivity index (χ2v) is 9.80. The largest absolute Gasteiger partial charge is 0.490 e. The number of benzene rings is 3. The molecule has 8 nitrogen and oxygen atoms in total. The number of nitrogens with one attached hydrogen (secondary N) is 1. The summed E-state index contributed by atoms with van der Waals surface area (Å²) in [5.74, 6) is 0.639. The number of carbonyl (C=O) groups excluding carboxylic acids is 1. The number of rotatable bonds is 12. The minimum Gasteiger partial charge on any atom is -0.490 e. The van der Waals surface area contributed by atoms with Crippen LogP contribution in [-0.2, 0) is 14.8 Å². The molecule has 0 heterocycles. The van der Waals surface area contributed by atoms with E-state index in [0.717, 1.165) is 16.3 Å². The van der Waals surface area contributed by atoms with Crippen molar-refractivity contribution in [2.24, 2.45) is 5.10 Å². The maximum Gasteiger partial charge on any atom is 0.264 e. The number of sulfonamides is 1. The van der Waals surface area contributed by atoms with Crippen LogP contribution in [0, 0.1) is 6.92 Å². The van der Waals surface area contributed by atoms with Gasteiger partial charge in [0.1, 0.15) is 6.54 Å². The Morgan fingerprint density at radius 1 is 0.972 bits per heavy atom. The quantitative estimate of drug-likeness (QED) is 0.286. The first-order valence-electron chi connectivity index (χ1n) is 11.7. The number of anilines is 1. The number of hydrazone groups is 1. The molecule has 3 rings (SSSR count). The molecule has 0 saturated heterocycles. The number of aryl methyl sites for hydroxylation is 1. The molecule has 3 aromatic rings. The molecule has 0 aromatic heterocycles. The van der Waals surface area contributed by atoms with Crippen LogP contribution in [0.3, 0.4) is 0 Å². The Morgan fingerprint density at radius 3 is 2.36 bits per heavy atom. The zero-order valence-electron chi connectivity index (χ0n) is 20.7. The van der Waals surface area contributed by atoms with E-state index in [9.17, 15) is 13.2 Å². The molecule has 0 fully saturated rings. The molecular weight excluding hydrogens is 478 g/mol. The van der Waals surface area contributed by atoms with Gasteiger partial charge in [0.05, 0.1) is 30.0 Å². The van der Waals surface area contributed by atoms with Crippen LogP contribution < -0.4 is 19.2 Å². The van der Waals surface area contributed by atoms with E-state index in [-0.39, 0.29) is 4.90 Å². The third-order valence-electron chi connectivity index (χ3n) is 5.07. The van der Waals surface area contributed by atoms with Gasteiger partial charge in [-0.1, -0.05) is 42.8 Å². The van der Waals surface area contributed by atoms with Crippen LogP contribution in [0.1, 0.15) is 31.4 Å². The standard InChI is InChI=1S/C27H31N3O5S/c1-4-17-35-25-16-13-22(18-26(25)34-5-2)19-28-29-27(31)20-30(23-14-11-21(3)12-15-23)36(32,33)24-9-7-6-8-10-24/h6-16,18-19H,4-5,17,20H2,1-3H3,(H,29,31)/b28-19-. The Balaban J connectivity index is 1.76. The highest BCUT2D eigenvalue weighted by Gasteiger charge is 2.27. The van der Waals surface area contributed by atoms with Crippen LogP contribution in [0.2, 0.25) is 0 Å². The van der Waals surface area contributed by atoms with E-state index in [1.54, 1.807) is 60.7 Å². The van der Waals surface area contributed by atoms with E-state index in [4.69, 9.17) is 9.47 Å². The van der Waals surface area contributed by atoms with E-state index >= 15 is 0 Å². The minimum atomic E-state index is -3.97. The minimum absolute atomic E-state index is 0.0933. The third kappa shape index (κ3) is 7.08. The van der Waals surface area contributed by atoms with Gasteiger partial charge in [0.2, 0.25) is 0 Å². The fourth-order valence-electron chi connectivity index (χ4n) is 3.29. The molecule has 0 atom stereocenters. The van der Waals surface area contributed by atoms with Gasteiger partial charge in [-0.15, -0.1) is 0 Å². The number of hydrogen-bond donors (Lipinski definition) is 1. The Labute approximate surface area is 212 Å². The maximum atomic E-state index is 13.3. The van der Waals surface area contributed by atoms with Gasteiger partial charge in [-0.25, -0.2) is 13.8 Å². The molecule has 0 saturated carbocycles. The number of nitrogens with zero attached hydrogens (tertiary/aromatic N) is 2. The van der Waals surface area contributed by atoms with Crippen LogP contribution in [0.15, 0.2) is 82.8 Å². The Hall–Kier alpha value is -3.85. The molecule has 0 bridgehead atoms. The molecule has 0 spiro atoms. The highest BCUT2D eigenvalue weighted by Crippen LogP contribution is 2.28. The van der Waals surface area contributed by atoms with Crippen LogP contribution in [0.25, 0.3) is 0 Å². The molecule has 0 unspecified atom stereocenters. The molecule has 36 heavy (non-hydrogen) atoms. The van der Waals surface area contributed by atoms with E-state index < -0.39 is 22.5 Å². The summed E-state index contributed by atoms with van der Waals surface area (Å²) < 4.78 is 39.1. The number of hydrogen-bond acceptors (Lipinski definition) is 6. The number of carbonyl (C=O) groups is 1. The highest BCUT2D eigenvalue weighted by atomic mass is 32.2. The Kier molecular flexibility index (Phi) is 9.46. The fourth-order valence-corrected chi connectivity index (χ4v) is 4.74. The van der Waals surface area contributed by atoms with Crippen molar-refractivity contribution in [3.05, 3.63) is 83.9 Å². The first-order chi connectivity index (χ1) is 17.3. The van der Waals surface area contributed by atoms with Crippen LogP contribution in [0.5, 0.6) is 11.5 Å². The van der Waals surface area contributed by atoms with Crippen LogP contribution in [0.4, 0.5) is 5.69 Å². The summed E-state index contributed by atoms with van der Waals surface area (Å²) >= 11 is 0. The van der Waals surface area contributed by atoms with Crippen molar-refractivity contribution < 1.29 is 22.7 Å². The second kappa shape index (κ2) is 12.7. The van der Waals surface area contributed by atoms with Gasteiger partial charge in [0.15, 0.2) is 11.5 Å². The summed E-state index contributed by atoms with van der Waals surface area (Å²) in [6, 6.07) is 20.3. The zero-order valence-corrected chi connectivity index (χ0v) is 21.5. The fraction of sp³-hybridized carbons (Fsp3) is 0.259. The van der Waals surface area contributed by atoms with Gasteiger partial charge >= 0.3 is 0 Å². The van der Waals surface area contributed by atoms with Crippen molar-refractivity contribution in [1.29, 1.82) is 0 Å². The van der Waals surface area contributed by atoms with E-state index in [1.165, 1.54) is 18.3 Å². The Bertz CT molecular complexity index is 1280. The maximum absolute atomic E-state index is 13.3. The number of ether oxygens (including phenoxy) is 2. The summed E-state index contributed by atoms with van der Waals surface area (Å²) in [6.45, 7) is 6.42. The molecule has 9 heteroatoms. The van der Waals surface area contributed by atoms with Crippen molar-refractivity contribution >= 4 is 27.8 Å². The smallest absolute Gasteiger partial charge is 0.264 e. The average molecular weight is 510 g/mol. The molecule has 3 aromatic carbocycles. The van der Waals surface area contributed by atoms with Crippen molar-refractivity contribution in [3.63, 3.8) is 0 Å².